The predicted octanol–water partition coefficient (Wildman–Crippen LogP) is 3.70. The van der Waals surface area contributed by atoms with E-state index < -0.39 is 12.1 Å². The van der Waals surface area contributed by atoms with Crippen molar-refractivity contribution in [2.75, 3.05) is 5.32 Å². The zero-order valence-electron chi connectivity index (χ0n) is 14.4. The van der Waals surface area contributed by atoms with E-state index >= 15 is 0 Å². The van der Waals surface area contributed by atoms with Gasteiger partial charge in [0.15, 0.2) is 6.10 Å². The van der Waals surface area contributed by atoms with Crippen molar-refractivity contribution >= 4 is 34.7 Å². The summed E-state index contributed by atoms with van der Waals surface area (Å²) in [6.45, 7) is 5.17. The summed E-state index contributed by atoms with van der Waals surface area (Å²) < 4.78 is 5.21. The molecular weight excluding hydrogens is 338 g/mol. The van der Waals surface area contributed by atoms with E-state index in [1.54, 1.807) is 45.0 Å². The van der Waals surface area contributed by atoms with Crippen LogP contribution >= 0.6 is 11.3 Å². The largest absolute Gasteiger partial charge is 0.454 e. The molecule has 1 heterocycles. The highest BCUT2D eigenvalue weighted by Gasteiger charge is 2.20. The molecule has 0 aliphatic carbocycles. The Balaban J connectivity index is 1.92. The Hall–Kier alpha value is -2.47. The maximum atomic E-state index is 12.4. The minimum atomic E-state index is -0.859. The van der Waals surface area contributed by atoms with E-state index in [4.69, 9.17) is 4.74 Å². The average Bonchev–Trinajstić information content (AvgIpc) is 3.07. The minimum Gasteiger partial charge on any atom is -0.454 e. The van der Waals surface area contributed by atoms with Gasteiger partial charge in [0.1, 0.15) is 0 Å². The van der Waals surface area contributed by atoms with Gasteiger partial charge in [-0.2, -0.15) is 11.3 Å². The fraction of sp³-hybridized carbons (Fsp3) is 0.316. The van der Waals surface area contributed by atoms with Crippen molar-refractivity contribution in [1.82, 2.24) is 0 Å². The van der Waals surface area contributed by atoms with Gasteiger partial charge in [-0.25, -0.2) is 0 Å². The molecule has 1 aromatic carbocycles. The molecule has 0 bridgehead atoms. The van der Waals surface area contributed by atoms with E-state index in [1.165, 1.54) is 11.3 Å². The van der Waals surface area contributed by atoms with E-state index in [0.717, 1.165) is 5.56 Å². The number of hydrogen-bond donors (Lipinski definition) is 1. The molecule has 0 saturated carbocycles. The number of ketones is 1. The van der Waals surface area contributed by atoms with Gasteiger partial charge in [0, 0.05) is 17.2 Å². The Kier molecular flexibility index (Phi) is 6.47. The molecule has 1 atom stereocenters. The van der Waals surface area contributed by atoms with E-state index in [9.17, 15) is 14.4 Å². The van der Waals surface area contributed by atoms with Gasteiger partial charge in [0.05, 0.1) is 6.42 Å². The van der Waals surface area contributed by atoms with Crippen LogP contribution in [0.2, 0.25) is 0 Å². The number of thiophene rings is 1. The molecule has 1 aromatic heterocycles. The zero-order valence-corrected chi connectivity index (χ0v) is 15.3. The lowest BCUT2D eigenvalue weighted by molar-refractivity contribution is -0.145. The van der Waals surface area contributed by atoms with Crippen LogP contribution in [-0.2, 0) is 20.7 Å². The summed E-state index contributed by atoms with van der Waals surface area (Å²) in [6, 6.07) is 8.40. The number of benzene rings is 1. The lowest BCUT2D eigenvalue weighted by Crippen LogP contribution is -2.25. The highest BCUT2D eigenvalue weighted by molar-refractivity contribution is 7.08. The van der Waals surface area contributed by atoms with Crippen molar-refractivity contribution in [3.8, 4) is 0 Å². The first-order chi connectivity index (χ1) is 11.9. The molecule has 132 valence electrons. The molecule has 6 heteroatoms. The lowest BCUT2D eigenvalue weighted by atomic mass is 10.1. The first kappa shape index (κ1) is 18.9. The number of ether oxygens (including phenoxy) is 1. The van der Waals surface area contributed by atoms with Crippen LogP contribution in [0.15, 0.2) is 41.1 Å². The molecule has 0 aliphatic heterocycles. The fourth-order valence-corrected chi connectivity index (χ4v) is 2.76. The van der Waals surface area contributed by atoms with Crippen LogP contribution in [0, 0.1) is 5.92 Å². The molecule has 2 aromatic rings. The Bertz CT molecular complexity index is 735. The molecule has 25 heavy (non-hydrogen) atoms. The van der Waals surface area contributed by atoms with Crippen molar-refractivity contribution in [1.29, 1.82) is 0 Å². The predicted molar refractivity (Wildman–Crippen MR) is 97.8 cm³/mol. The molecule has 5 nitrogen and oxygen atoms in total. The summed E-state index contributed by atoms with van der Waals surface area (Å²) in [7, 11) is 0. The normalized spacial score (nSPS) is 11.8. The summed E-state index contributed by atoms with van der Waals surface area (Å²) in [6.07, 6.45) is -0.705. The van der Waals surface area contributed by atoms with Crippen molar-refractivity contribution in [3.05, 3.63) is 52.2 Å². The highest BCUT2D eigenvalue weighted by atomic mass is 32.1. The summed E-state index contributed by atoms with van der Waals surface area (Å²) >= 11 is 1.51. The van der Waals surface area contributed by atoms with Crippen LogP contribution in [0.25, 0.3) is 0 Å². The third kappa shape index (κ3) is 5.53. The van der Waals surface area contributed by atoms with Gasteiger partial charge >= 0.3 is 5.97 Å². The van der Waals surface area contributed by atoms with Crippen LogP contribution in [0.4, 0.5) is 5.69 Å². The third-order valence-electron chi connectivity index (χ3n) is 3.57. The second-order valence-electron chi connectivity index (χ2n) is 6.03. The zero-order chi connectivity index (χ0) is 18.4. The molecule has 1 N–H and O–H groups in total. The Morgan fingerprint density at radius 2 is 1.76 bits per heavy atom. The number of rotatable bonds is 7. The molecule has 0 fully saturated rings. The van der Waals surface area contributed by atoms with Crippen LogP contribution in [0.5, 0.6) is 0 Å². The number of hydrogen-bond acceptors (Lipinski definition) is 5. The number of nitrogens with one attached hydrogen (secondary N) is 1. The van der Waals surface area contributed by atoms with Gasteiger partial charge in [-0.3, -0.25) is 14.4 Å². The minimum absolute atomic E-state index is 0.0881. The van der Waals surface area contributed by atoms with E-state index in [2.05, 4.69) is 5.32 Å². The van der Waals surface area contributed by atoms with Gasteiger partial charge in [-0.1, -0.05) is 13.8 Å². The number of esters is 1. The van der Waals surface area contributed by atoms with Crippen molar-refractivity contribution in [2.45, 2.75) is 33.3 Å². The number of carbonyl (C=O) groups is 3. The van der Waals surface area contributed by atoms with Gasteiger partial charge in [0.2, 0.25) is 11.7 Å². The van der Waals surface area contributed by atoms with E-state index in [-0.39, 0.29) is 24.0 Å². The second-order valence-corrected chi connectivity index (χ2v) is 6.81. The quantitative estimate of drug-likeness (QED) is 0.604. The molecule has 2 rings (SSSR count). The van der Waals surface area contributed by atoms with Crippen molar-refractivity contribution in [3.63, 3.8) is 0 Å². The second kappa shape index (κ2) is 8.58. The standard InChI is InChI=1S/C19H21NO4S/c1-12(2)19(23)20-16-6-4-15(5-7-16)18(22)13(3)24-17(21)10-14-8-9-25-11-14/h4-9,11-13H,10H2,1-3H3,(H,20,23). The summed E-state index contributed by atoms with van der Waals surface area (Å²) in [5.41, 5.74) is 1.93. The Labute approximate surface area is 151 Å². The number of Topliss-reactive ketones (excluding diaryl/α,β-unsaturated/α-hetero) is 1. The molecule has 1 amide bonds. The number of amides is 1. The molecule has 0 radical (unpaired) electrons. The van der Waals surface area contributed by atoms with Gasteiger partial charge in [-0.05, 0) is 53.6 Å². The lowest BCUT2D eigenvalue weighted by Gasteiger charge is -2.13. The summed E-state index contributed by atoms with van der Waals surface area (Å²) in [5.74, 6) is -0.917. The number of anilines is 1. The molecule has 0 aliphatic rings. The van der Waals surface area contributed by atoms with Gasteiger partial charge in [0.25, 0.3) is 0 Å². The van der Waals surface area contributed by atoms with Crippen LogP contribution in [0.3, 0.4) is 0 Å². The highest BCUT2D eigenvalue weighted by Crippen LogP contribution is 2.14. The smallest absolute Gasteiger partial charge is 0.311 e. The molecule has 0 spiro atoms. The molecular formula is C19H21NO4S. The Morgan fingerprint density at radius 1 is 1.08 bits per heavy atom. The van der Waals surface area contributed by atoms with Gasteiger partial charge < -0.3 is 10.1 Å². The van der Waals surface area contributed by atoms with Crippen LogP contribution < -0.4 is 5.32 Å². The molecule has 1 unspecified atom stereocenters. The first-order valence-corrected chi connectivity index (χ1v) is 8.96. The first-order valence-electron chi connectivity index (χ1n) is 8.02. The average molecular weight is 359 g/mol. The van der Waals surface area contributed by atoms with Crippen LogP contribution in [0.1, 0.15) is 36.7 Å². The summed E-state index contributed by atoms with van der Waals surface area (Å²) in [5, 5.41) is 6.52. The van der Waals surface area contributed by atoms with Crippen LogP contribution in [-0.4, -0.2) is 23.8 Å². The summed E-state index contributed by atoms with van der Waals surface area (Å²) in [4.78, 5) is 35.9. The fourth-order valence-electron chi connectivity index (χ4n) is 2.09. The molecule has 0 saturated heterocycles. The SMILES string of the molecule is CC(C)C(=O)Nc1ccc(C(=O)C(C)OC(=O)Cc2ccsc2)cc1. The van der Waals surface area contributed by atoms with E-state index in [0.29, 0.717) is 11.3 Å². The van der Waals surface area contributed by atoms with Crippen molar-refractivity contribution < 1.29 is 19.1 Å². The Morgan fingerprint density at radius 3 is 2.32 bits per heavy atom. The monoisotopic (exact) mass is 359 g/mol. The van der Waals surface area contributed by atoms with Crippen molar-refractivity contribution in [2.24, 2.45) is 5.92 Å². The topological polar surface area (TPSA) is 72.5 Å². The maximum Gasteiger partial charge on any atom is 0.311 e. The third-order valence-corrected chi connectivity index (χ3v) is 4.30. The van der Waals surface area contributed by atoms with Gasteiger partial charge in [-0.15, -0.1) is 0 Å². The maximum absolute atomic E-state index is 12.4. The van der Waals surface area contributed by atoms with E-state index in [1.807, 2.05) is 16.8 Å². The number of carbonyl (C=O) groups excluding carboxylic acids is 3.